The summed E-state index contributed by atoms with van der Waals surface area (Å²) in [6.45, 7) is 0.435. The Kier molecular flexibility index (Phi) is 7.82. The SMILES string of the molecule is O=C(CNc1ccc(F)cc1)N/N=C\c1ccc(OCc2ccc(Cl)cc2)c(Br)c1. The number of amides is 1. The summed E-state index contributed by atoms with van der Waals surface area (Å²) in [4.78, 5) is 11.8. The van der Waals surface area contributed by atoms with Gasteiger partial charge in [-0.3, -0.25) is 4.79 Å². The fourth-order valence-electron chi connectivity index (χ4n) is 2.42. The molecule has 30 heavy (non-hydrogen) atoms. The van der Waals surface area contributed by atoms with Crippen LogP contribution in [0.25, 0.3) is 0 Å². The molecule has 2 N–H and O–H groups in total. The van der Waals surface area contributed by atoms with E-state index in [0.29, 0.717) is 23.1 Å². The number of rotatable bonds is 8. The van der Waals surface area contributed by atoms with E-state index < -0.39 is 0 Å². The van der Waals surface area contributed by atoms with E-state index in [1.807, 2.05) is 42.5 Å². The van der Waals surface area contributed by atoms with Crippen molar-refractivity contribution in [2.75, 3.05) is 11.9 Å². The molecule has 8 heteroatoms. The van der Waals surface area contributed by atoms with Gasteiger partial charge in [0, 0.05) is 10.7 Å². The van der Waals surface area contributed by atoms with Crippen LogP contribution >= 0.6 is 27.5 Å². The number of carbonyl (C=O) groups excluding carboxylic acids is 1. The number of nitrogens with zero attached hydrogens (tertiary/aromatic N) is 1. The van der Waals surface area contributed by atoms with Crippen LogP contribution in [0.5, 0.6) is 5.75 Å². The molecular weight excluding hydrogens is 473 g/mol. The van der Waals surface area contributed by atoms with Gasteiger partial charge < -0.3 is 10.1 Å². The number of halogens is 3. The second-order valence-electron chi connectivity index (χ2n) is 6.26. The van der Waals surface area contributed by atoms with Gasteiger partial charge in [0.25, 0.3) is 5.91 Å². The Hall–Kier alpha value is -2.90. The quantitative estimate of drug-likeness (QED) is 0.329. The highest BCUT2D eigenvalue weighted by molar-refractivity contribution is 9.10. The Balaban J connectivity index is 1.47. The molecule has 0 saturated carbocycles. The second-order valence-corrected chi connectivity index (χ2v) is 7.55. The molecule has 0 radical (unpaired) electrons. The summed E-state index contributed by atoms with van der Waals surface area (Å²) in [5.41, 5.74) is 4.87. The maximum atomic E-state index is 12.9. The standard InChI is InChI=1S/C22H18BrClFN3O2/c23-20-11-16(3-10-21(20)30-14-15-1-4-17(24)5-2-15)12-27-28-22(29)13-26-19-8-6-18(25)7-9-19/h1-12,26H,13-14H2,(H,28,29)/b27-12-. The molecule has 0 saturated heterocycles. The molecule has 0 aromatic heterocycles. The van der Waals surface area contributed by atoms with Crippen LogP contribution in [-0.4, -0.2) is 18.7 Å². The number of benzene rings is 3. The molecule has 3 aromatic carbocycles. The minimum absolute atomic E-state index is 0.0180. The molecule has 3 rings (SSSR count). The summed E-state index contributed by atoms with van der Waals surface area (Å²) in [6.07, 6.45) is 1.53. The average molecular weight is 491 g/mol. The fraction of sp³-hybridized carbons (Fsp3) is 0.0909. The average Bonchev–Trinajstić information content (AvgIpc) is 2.74. The predicted molar refractivity (Wildman–Crippen MR) is 121 cm³/mol. The number of ether oxygens (including phenoxy) is 1. The number of carbonyl (C=O) groups is 1. The van der Waals surface area contributed by atoms with Crippen molar-refractivity contribution in [1.29, 1.82) is 0 Å². The summed E-state index contributed by atoms with van der Waals surface area (Å²) in [7, 11) is 0. The zero-order chi connectivity index (χ0) is 21.3. The Labute approximate surface area is 187 Å². The molecule has 3 aromatic rings. The Morgan fingerprint density at radius 2 is 1.83 bits per heavy atom. The Bertz CT molecular complexity index is 1030. The molecule has 0 spiro atoms. The predicted octanol–water partition coefficient (Wildman–Crippen LogP) is 5.38. The first-order valence-corrected chi connectivity index (χ1v) is 10.1. The van der Waals surface area contributed by atoms with Crippen molar-refractivity contribution in [2.45, 2.75) is 6.61 Å². The van der Waals surface area contributed by atoms with Gasteiger partial charge in [0.2, 0.25) is 0 Å². The first-order chi connectivity index (χ1) is 14.5. The van der Waals surface area contributed by atoms with E-state index in [4.69, 9.17) is 16.3 Å². The van der Waals surface area contributed by atoms with Crippen LogP contribution in [0, 0.1) is 5.82 Å². The lowest BCUT2D eigenvalue weighted by atomic mass is 10.2. The molecule has 0 atom stereocenters. The van der Waals surface area contributed by atoms with E-state index in [0.717, 1.165) is 15.6 Å². The van der Waals surface area contributed by atoms with Gasteiger partial charge >= 0.3 is 0 Å². The third-order valence-corrected chi connectivity index (χ3v) is 4.84. The van der Waals surface area contributed by atoms with Gasteiger partial charge in [0.15, 0.2) is 0 Å². The zero-order valence-corrected chi connectivity index (χ0v) is 18.1. The molecule has 0 bridgehead atoms. The number of hydrogen-bond donors (Lipinski definition) is 2. The van der Waals surface area contributed by atoms with Crippen LogP contribution in [0.15, 0.2) is 76.3 Å². The molecule has 0 aliphatic carbocycles. The van der Waals surface area contributed by atoms with Crippen molar-refractivity contribution in [2.24, 2.45) is 5.10 Å². The number of hydrazone groups is 1. The number of anilines is 1. The van der Waals surface area contributed by atoms with Crippen molar-refractivity contribution in [3.63, 3.8) is 0 Å². The van der Waals surface area contributed by atoms with Crippen LogP contribution in [0.2, 0.25) is 5.02 Å². The molecule has 0 unspecified atom stereocenters. The van der Waals surface area contributed by atoms with Crippen LogP contribution < -0.4 is 15.5 Å². The third-order valence-electron chi connectivity index (χ3n) is 3.96. The molecule has 0 heterocycles. The van der Waals surface area contributed by atoms with Crippen molar-refractivity contribution >= 4 is 45.3 Å². The molecule has 1 amide bonds. The summed E-state index contributed by atoms with van der Waals surface area (Å²) in [6, 6.07) is 18.7. The fourth-order valence-corrected chi connectivity index (χ4v) is 3.06. The van der Waals surface area contributed by atoms with Crippen LogP contribution in [0.3, 0.4) is 0 Å². The van der Waals surface area contributed by atoms with E-state index >= 15 is 0 Å². The molecule has 154 valence electrons. The van der Waals surface area contributed by atoms with Crippen molar-refractivity contribution in [3.05, 3.63) is 93.2 Å². The van der Waals surface area contributed by atoms with Crippen LogP contribution in [0.1, 0.15) is 11.1 Å². The summed E-state index contributed by atoms with van der Waals surface area (Å²) < 4.78 is 19.4. The molecular formula is C22H18BrClFN3O2. The van der Waals surface area contributed by atoms with Gasteiger partial charge in [-0.2, -0.15) is 5.10 Å². The first kappa shape index (κ1) is 21.8. The van der Waals surface area contributed by atoms with Gasteiger partial charge in [-0.25, -0.2) is 9.82 Å². The summed E-state index contributed by atoms with van der Waals surface area (Å²) in [5, 5.41) is 7.51. The maximum Gasteiger partial charge on any atom is 0.259 e. The van der Waals surface area contributed by atoms with Crippen LogP contribution in [-0.2, 0) is 11.4 Å². The van der Waals surface area contributed by atoms with Gasteiger partial charge in [0.05, 0.1) is 17.2 Å². The van der Waals surface area contributed by atoms with Crippen LogP contribution in [0.4, 0.5) is 10.1 Å². The van der Waals surface area contributed by atoms with E-state index in [1.165, 1.54) is 18.3 Å². The normalized spacial score (nSPS) is 10.8. The van der Waals surface area contributed by atoms with Crippen molar-refractivity contribution in [1.82, 2.24) is 5.43 Å². The lowest BCUT2D eigenvalue weighted by Gasteiger charge is -2.09. The highest BCUT2D eigenvalue weighted by atomic mass is 79.9. The lowest BCUT2D eigenvalue weighted by Crippen LogP contribution is -2.25. The molecule has 0 fully saturated rings. The second kappa shape index (κ2) is 10.8. The zero-order valence-electron chi connectivity index (χ0n) is 15.7. The summed E-state index contributed by atoms with van der Waals surface area (Å²) >= 11 is 9.36. The Morgan fingerprint density at radius 3 is 2.53 bits per heavy atom. The monoisotopic (exact) mass is 489 g/mol. The van der Waals surface area contributed by atoms with E-state index in [-0.39, 0.29) is 18.3 Å². The Morgan fingerprint density at radius 1 is 1.10 bits per heavy atom. The minimum atomic E-state index is -0.331. The summed E-state index contributed by atoms with van der Waals surface area (Å²) in [5.74, 6) is 0.0364. The van der Waals surface area contributed by atoms with Crippen molar-refractivity contribution in [3.8, 4) is 5.75 Å². The molecule has 5 nitrogen and oxygen atoms in total. The van der Waals surface area contributed by atoms with Gasteiger partial charge in [-0.05, 0) is 81.7 Å². The molecule has 0 aliphatic heterocycles. The van der Waals surface area contributed by atoms with E-state index in [9.17, 15) is 9.18 Å². The number of hydrogen-bond acceptors (Lipinski definition) is 4. The van der Waals surface area contributed by atoms with E-state index in [2.05, 4.69) is 31.8 Å². The van der Waals surface area contributed by atoms with Gasteiger partial charge in [-0.15, -0.1) is 0 Å². The van der Waals surface area contributed by atoms with Crippen molar-refractivity contribution < 1.29 is 13.9 Å². The van der Waals surface area contributed by atoms with Gasteiger partial charge in [-0.1, -0.05) is 23.7 Å². The lowest BCUT2D eigenvalue weighted by molar-refractivity contribution is -0.119. The highest BCUT2D eigenvalue weighted by Crippen LogP contribution is 2.26. The highest BCUT2D eigenvalue weighted by Gasteiger charge is 2.04. The smallest absolute Gasteiger partial charge is 0.259 e. The number of nitrogens with one attached hydrogen (secondary N) is 2. The van der Waals surface area contributed by atoms with E-state index in [1.54, 1.807) is 12.1 Å². The topological polar surface area (TPSA) is 62.7 Å². The minimum Gasteiger partial charge on any atom is -0.488 e. The largest absolute Gasteiger partial charge is 0.488 e. The third kappa shape index (κ3) is 6.86. The van der Waals surface area contributed by atoms with Gasteiger partial charge in [0.1, 0.15) is 18.2 Å². The maximum absolute atomic E-state index is 12.9. The first-order valence-electron chi connectivity index (χ1n) is 8.98. The molecule has 0 aliphatic rings.